The molecule has 0 amide bonds. The maximum atomic E-state index is 10.6. The largest absolute Gasteiger partial charge is 0.481 e. The zero-order chi connectivity index (χ0) is 14.0. The molecule has 0 saturated heterocycles. The molecule has 3 N–H and O–H groups in total. The predicted molar refractivity (Wildman–Crippen MR) is 75.4 cm³/mol. The fraction of sp³-hybridized carbons (Fsp3) is 0.0769. The van der Waals surface area contributed by atoms with E-state index in [2.05, 4.69) is 4.98 Å². The molecule has 1 aromatic carbocycles. The lowest BCUT2D eigenvalue weighted by Crippen LogP contribution is -2.02. The molecule has 0 fully saturated rings. The molecule has 0 atom stereocenters. The van der Waals surface area contributed by atoms with E-state index >= 15 is 0 Å². The monoisotopic (exact) mass is 296 g/mol. The molecule has 0 aliphatic carbocycles. The molecule has 0 unspecified atom stereocenters. The molecule has 19 heavy (non-hydrogen) atoms. The number of benzene rings is 1. The highest BCUT2D eigenvalue weighted by Gasteiger charge is 2.09. The van der Waals surface area contributed by atoms with Crippen LogP contribution in [0.5, 0.6) is 0 Å². The Kier molecular flexibility index (Phi) is 3.93. The lowest BCUT2D eigenvalue weighted by Gasteiger charge is -2.07. The fourth-order valence-corrected chi connectivity index (χ4v) is 1.98. The van der Waals surface area contributed by atoms with Gasteiger partial charge in [-0.05, 0) is 23.8 Å². The van der Waals surface area contributed by atoms with Crippen LogP contribution < -0.4 is 5.73 Å². The minimum atomic E-state index is -0.927. The van der Waals surface area contributed by atoms with E-state index in [1.807, 2.05) is 0 Å². The van der Waals surface area contributed by atoms with Gasteiger partial charge < -0.3 is 10.8 Å². The van der Waals surface area contributed by atoms with Crippen molar-refractivity contribution in [2.45, 2.75) is 6.42 Å². The third-order valence-electron chi connectivity index (χ3n) is 2.52. The van der Waals surface area contributed by atoms with Crippen molar-refractivity contribution in [3.63, 3.8) is 0 Å². The lowest BCUT2D eigenvalue weighted by molar-refractivity contribution is -0.136. The molecule has 2 aromatic rings. The summed E-state index contributed by atoms with van der Waals surface area (Å²) in [6.07, 6.45) is 1.38. The molecule has 0 spiro atoms. The van der Waals surface area contributed by atoms with E-state index in [1.54, 1.807) is 24.3 Å². The molecule has 0 bridgehead atoms. The molecule has 1 aromatic heterocycles. The number of carbonyl (C=O) groups is 1. The number of nitrogen functional groups attached to an aromatic ring is 1. The minimum absolute atomic E-state index is 0.112. The van der Waals surface area contributed by atoms with Crippen LogP contribution in [0.2, 0.25) is 10.0 Å². The molecule has 98 valence electrons. The Labute approximate surface area is 119 Å². The van der Waals surface area contributed by atoms with E-state index < -0.39 is 5.97 Å². The molecule has 0 aliphatic rings. The van der Waals surface area contributed by atoms with Crippen molar-refractivity contribution >= 4 is 34.9 Å². The van der Waals surface area contributed by atoms with Crippen LogP contribution in [0.15, 0.2) is 30.5 Å². The number of hydrogen-bond acceptors (Lipinski definition) is 3. The predicted octanol–water partition coefficient (Wildman–Crippen LogP) is 3.26. The van der Waals surface area contributed by atoms with Crippen LogP contribution in [0, 0.1) is 0 Å². The van der Waals surface area contributed by atoms with Gasteiger partial charge in [0.25, 0.3) is 0 Å². The van der Waals surface area contributed by atoms with E-state index in [4.69, 9.17) is 34.0 Å². The first-order valence-corrected chi connectivity index (χ1v) is 6.14. The third kappa shape index (κ3) is 3.16. The van der Waals surface area contributed by atoms with Gasteiger partial charge in [-0.25, -0.2) is 0 Å². The highest BCUT2D eigenvalue weighted by atomic mass is 35.5. The Morgan fingerprint density at radius 3 is 2.58 bits per heavy atom. The number of halogens is 2. The van der Waals surface area contributed by atoms with Crippen LogP contribution in [-0.2, 0) is 11.2 Å². The lowest BCUT2D eigenvalue weighted by atomic mass is 10.1. The second-order valence-electron chi connectivity index (χ2n) is 3.98. The van der Waals surface area contributed by atoms with Crippen LogP contribution in [-0.4, -0.2) is 16.1 Å². The topological polar surface area (TPSA) is 76.2 Å². The summed E-state index contributed by atoms with van der Waals surface area (Å²) in [6, 6.07) is 6.67. The number of aliphatic carboxylic acids is 1. The van der Waals surface area contributed by atoms with Gasteiger partial charge in [0.15, 0.2) is 0 Å². The summed E-state index contributed by atoms with van der Waals surface area (Å²) in [5, 5.41) is 9.57. The van der Waals surface area contributed by atoms with Gasteiger partial charge in [-0.15, -0.1) is 0 Å². The van der Waals surface area contributed by atoms with Crippen molar-refractivity contribution in [3.8, 4) is 11.3 Å². The van der Waals surface area contributed by atoms with E-state index in [0.29, 0.717) is 27.0 Å². The first kappa shape index (κ1) is 13.6. The molecular formula is C13H10Cl2N2O2. The molecule has 1 heterocycles. The second-order valence-corrected chi connectivity index (χ2v) is 4.80. The number of carboxylic acids is 1. The summed E-state index contributed by atoms with van der Waals surface area (Å²) < 4.78 is 0. The van der Waals surface area contributed by atoms with E-state index in [0.717, 1.165) is 5.56 Å². The molecular weight excluding hydrogens is 287 g/mol. The quantitative estimate of drug-likeness (QED) is 0.911. The number of nitrogens with two attached hydrogens (primary N) is 1. The molecule has 2 rings (SSSR count). The zero-order valence-electron chi connectivity index (χ0n) is 9.73. The smallest absolute Gasteiger partial charge is 0.307 e. The maximum Gasteiger partial charge on any atom is 0.307 e. The van der Waals surface area contributed by atoms with Crippen molar-refractivity contribution in [1.82, 2.24) is 4.98 Å². The number of nitrogens with zero attached hydrogens (tertiary/aromatic N) is 1. The van der Waals surface area contributed by atoms with Gasteiger partial charge in [-0.1, -0.05) is 29.3 Å². The summed E-state index contributed by atoms with van der Waals surface area (Å²) >= 11 is 11.8. The number of carboxylic acid groups (broad SMARTS) is 1. The second kappa shape index (κ2) is 5.47. The minimum Gasteiger partial charge on any atom is -0.481 e. The molecule has 6 heteroatoms. The van der Waals surface area contributed by atoms with E-state index in [9.17, 15) is 4.79 Å². The highest BCUT2D eigenvalue weighted by molar-refractivity contribution is 6.42. The van der Waals surface area contributed by atoms with Crippen LogP contribution in [0.4, 0.5) is 5.69 Å². The summed E-state index contributed by atoms with van der Waals surface area (Å²) in [7, 11) is 0. The van der Waals surface area contributed by atoms with Gasteiger partial charge in [0.1, 0.15) is 0 Å². The number of pyridine rings is 1. The SMILES string of the molecule is Nc1cc(CC(=O)O)cnc1-c1ccc(Cl)c(Cl)c1. The Morgan fingerprint density at radius 2 is 2.00 bits per heavy atom. The summed E-state index contributed by atoms with van der Waals surface area (Å²) in [5.74, 6) is -0.927. The first-order valence-electron chi connectivity index (χ1n) is 5.39. The van der Waals surface area contributed by atoms with Gasteiger partial charge in [0.2, 0.25) is 0 Å². The van der Waals surface area contributed by atoms with Crippen molar-refractivity contribution < 1.29 is 9.90 Å². The normalized spacial score (nSPS) is 10.4. The number of aromatic nitrogens is 1. The van der Waals surface area contributed by atoms with Crippen molar-refractivity contribution in [2.75, 3.05) is 5.73 Å². The molecule has 0 radical (unpaired) electrons. The third-order valence-corrected chi connectivity index (χ3v) is 3.26. The Hall–Kier alpha value is -1.78. The Bertz CT molecular complexity index is 645. The van der Waals surface area contributed by atoms with Crippen LogP contribution in [0.25, 0.3) is 11.3 Å². The van der Waals surface area contributed by atoms with E-state index in [-0.39, 0.29) is 6.42 Å². The highest BCUT2D eigenvalue weighted by Crippen LogP contribution is 2.30. The van der Waals surface area contributed by atoms with Crippen molar-refractivity contribution in [1.29, 1.82) is 0 Å². The van der Waals surface area contributed by atoms with Crippen LogP contribution in [0.3, 0.4) is 0 Å². The first-order chi connectivity index (χ1) is 8.97. The molecule has 4 nitrogen and oxygen atoms in total. The van der Waals surface area contributed by atoms with Crippen molar-refractivity contribution in [3.05, 3.63) is 46.1 Å². The summed E-state index contributed by atoms with van der Waals surface area (Å²) in [4.78, 5) is 14.8. The van der Waals surface area contributed by atoms with Gasteiger partial charge in [-0.3, -0.25) is 9.78 Å². The van der Waals surface area contributed by atoms with Crippen LogP contribution in [0.1, 0.15) is 5.56 Å². The molecule has 0 aliphatic heterocycles. The summed E-state index contributed by atoms with van der Waals surface area (Å²) in [6.45, 7) is 0. The number of rotatable bonds is 3. The Balaban J connectivity index is 2.40. The number of hydrogen-bond donors (Lipinski definition) is 2. The standard InChI is InChI=1S/C13H10Cl2N2O2/c14-9-2-1-8(5-10(9)15)13-11(16)3-7(6-17-13)4-12(18)19/h1-3,5-6H,4,16H2,(H,18,19). The Morgan fingerprint density at radius 1 is 1.26 bits per heavy atom. The average molecular weight is 297 g/mol. The van der Waals surface area contributed by atoms with Gasteiger partial charge in [0.05, 0.1) is 27.8 Å². The summed E-state index contributed by atoms with van der Waals surface area (Å²) in [5.41, 5.74) is 8.11. The average Bonchev–Trinajstić information content (AvgIpc) is 2.32. The number of anilines is 1. The maximum absolute atomic E-state index is 10.6. The van der Waals surface area contributed by atoms with Crippen molar-refractivity contribution in [2.24, 2.45) is 0 Å². The molecule has 0 saturated carbocycles. The van der Waals surface area contributed by atoms with Gasteiger partial charge in [0, 0.05) is 11.8 Å². The fourth-order valence-electron chi connectivity index (χ4n) is 1.68. The van der Waals surface area contributed by atoms with E-state index in [1.165, 1.54) is 6.20 Å². The zero-order valence-corrected chi connectivity index (χ0v) is 11.2. The van der Waals surface area contributed by atoms with Crippen LogP contribution >= 0.6 is 23.2 Å². The van der Waals surface area contributed by atoms with Gasteiger partial charge >= 0.3 is 5.97 Å². The van der Waals surface area contributed by atoms with Gasteiger partial charge in [-0.2, -0.15) is 0 Å².